The van der Waals surface area contributed by atoms with Crippen molar-refractivity contribution in [2.24, 2.45) is 0 Å². The van der Waals surface area contributed by atoms with Gasteiger partial charge >= 0.3 is 0 Å². The van der Waals surface area contributed by atoms with Gasteiger partial charge in [0, 0.05) is 43.7 Å². The van der Waals surface area contributed by atoms with Gasteiger partial charge in [-0.2, -0.15) is 0 Å². The molecule has 1 aromatic heterocycles. The molecule has 1 aromatic carbocycles. The molecular formula is C20H24N4O2. The van der Waals surface area contributed by atoms with Crippen LogP contribution < -0.4 is 0 Å². The second kappa shape index (κ2) is 8.08. The van der Waals surface area contributed by atoms with Gasteiger partial charge in [0.05, 0.1) is 0 Å². The van der Waals surface area contributed by atoms with E-state index >= 15 is 0 Å². The highest BCUT2D eigenvalue weighted by Crippen LogP contribution is 2.21. The highest BCUT2D eigenvalue weighted by atomic mass is 16.2. The third-order valence-corrected chi connectivity index (χ3v) is 4.74. The zero-order valence-electron chi connectivity index (χ0n) is 15.3. The van der Waals surface area contributed by atoms with Gasteiger partial charge in [0.2, 0.25) is 5.91 Å². The van der Waals surface area contributed by atoms with Crippen LogP contribution >= 0.6 is 0 Å². The normalized spacial score (nSPS) is 17.5. The number of carbonyl (C=O) groups is 2. The molecule has 0 aliphatic carbocycles. The maximum atomic E-state index is 13.1. The first-order valence-corrected chi connectivity index (χ1v) is 9.05. The number of amides is 2. The van der Waals surface area contributed by atoms with Gasteiger partial charge in [-0.05, 0) is 24.6 Å². The van der Waals surface area contributed by atoms with E-state index in [1.807, 2.05) is 12.1 Å². The van der Waals surface area contributed by atoms with Crippen molar-refractivity contribution in [2.75, 3.05) is 20.1 Å². The summed E-state index contributed by atoms with van der Waals surface area (Å²) in [5, 5.41) is 0. The number of hydrogen-bond donors (Lipinski definition) is 0. The van der Waals surface area contributed by atoms with E-state index in [1.54, 1.807) is 47.4 Å². The molecule has 1 saturated heterocycles. The van der Waals surface area contributed by atoms with E-state index < -0.39 is 0 Å². The van der Waals surface area contributed by atoms with Crippen molar-refractivity contribution in [3.63, 3.8) is 0 Å². The Morgan fingerprint density at radius 3 is 2.69 bits per heavy atom. The number of likely N-dealkylation sites (N-methyl/N-ethyl adjacent to an activating group) is 1. The second-order valence-electron chi connectivity index (χ2n) is 6.57. The second-order valence-corrected chi connectivity index (χ2v) is 6.57. The van der Waals surface area contributed by atoms with Gasteiger partial charge in [-0.25, -0.2) is 9.97 Å². The third kappa shape index (κ3) is 3.74. The number of aromatic nitrogens is 2. The highest BCUT2D eigenvalue weighted by molar-refractivity contribution is 5.98. The predicted molar refractivity (Wildman–Crippen MR) is 99.5 cm³/mol. The lowest BCUT2D eigenvalue weighted by atomic mass is 10.0. The van der Waals surface area contributed by atoms with Crippen molar-refractivity contribution in [3.8, 4) is 11.4 Å². The summed E-state index contributed by atoms with van der Waals surface area (Å²) >= 11 is 0. The van der Waals surface area contributed by atoms with E-state index in [9.17, 15) is 9.59 Å². The Bertz CT molecular complexity index is 778. The molecule has 1 atom stereocenters. The van der Waals surface area contributed by atoms with Gasteiger partial charge in [-0.1, -0.05) is 31.9 Å². The van der Waals surface area contributed by atoms with E-state index in [0.717, 1.165) is 18.4 Å². The average molecular weight is 352 g/mol. The summed E-state index contributed by atoms with van der Waals surface area (Å²) < 4.78 is 0. The first-order valence-electron chi connectivity index (χ1n) is 9.05. The number of piperazine rings is 1. The molecular weight excluding hydrogens is 328 g/mol. The van der Waals surface area contributed by atoms with Crippen molar-refractivity contribution in [3.05, 3.63) is 48.3 Å². The Labute approximate surface area is 153 Å². The summed E-state index contributed by atoms with van der Waals surface area (Å²) in [5.74, 6) is 0.505. The largest absolute Gasteiger partial charge is 0.342 e. The molecule has 136 valence electrons. The van der Waals surface area contributed by atoms with Crippen LogP contribution in [0.5, 0.6) is 0 Å². The van der Waals surface area contributed by atoms with Crippen molar-refractivity contribution in [2.45, 2.75) is 32.2 Å². The molecule has 0 bridgehead atoms. The minimum absolute atomic E-state index is 0.0283. The van der Waals surface area contributed by atoms with Gasteiger partial charge in [0.15, 0.2) is 5.82 Å². The Morgan fingerprint density at radius 1 is 1.19 bits per heavy atom. The Kier molecular flexibility index (Phi) is 5.61. The fourth-order valence-corrected chi connectivity index (χ4v) is 3.24. The van der Waals surface area contributed by atoms with Crippen LogP contribution in [0.15, 0.2) is 42.7 Å². The van der Waals surface area contributed by atoms with Crippen LogP contribution in [0, 0.1) is 0 Å². The van der Waals surface area contributed by atoms with Crippen LogP contribution in [0.3, 0.4) is 0 Å². The molecule has 1 aliphatic rings. The zero-order valence-corrected chi connectivity index (χ0v) is 15.3. The monoisotopic (exact) mass is 352 g/mol. The first kappa shape index (κ1) is 18.0. The average Bonchev–Trinajstić information content (AvgIpc) is 2.69. The number of nitrogens with zero attached hydrogens (tertiary/aromatic N) is 4. The van der Waals surface area contributed by atoms with Gasteiger partial charge in [0.25, 0.3) is 5.91 Å². The van der Waals surface area contributed by atoms with Crippen molar-refractivity contribution in [1.29, 1.82) is 0 Å². The molecule has 6 heteroatoms. The molecule has 1 aliphatic heterocycles. The van der Waals surface area contributed by atoms with Crippen LogP contribution in [-0.4, -0.2) is 57.8 Å². The summed E-state index contributed by atoms with van der Waals surface area (Å²) in [5.41, 5.74) is 1.36. The SMILES string of the molecule is CCCCC1C(=O)N(C)CCN1C(=O)c1cccc(-c2ncccn2)c1. The van der Waals surface area contributed by atoms with Crippen molar-refractivity contribution < 1.29 is 9.59 Å². The van der Waals surface area contributed by atoms with Crippen LogP contribution in [0.1, 0.15) is 36.5 Å². The number of hydrogen-bond acceptors (Lipinski definition) is 4. The van der Waals surface area contributed by atoms with Gasteiger partial charge in [-0.3, -0.25) is 9.59 Å². The zero-order chi connectivity index (χ0) is 18.5. The quantitative estimate of drug-likeness (QED) is 0.830. The minimum Gasteiger partial charge on any atom is -0.342 e. The van der Waals surface area contributed by atoms with Gasteiger partial charge < -0.3 is 9.80 Å². The lowest BCUT2D eigenvalue weighted by Gasteiger charge is -2.39. The molecule has 0 saturated carbocycles. The summed E-state index contributed by atoms with van der Waals surface area (Å²) in [6.07, 6.45) is 5.97. The number of carbonyl (C=O) groups excluding carboxylic acids is 2. The van der Waals surface area contributed by atoms with Crippen molar-refractivity contribution >= 4 is 11.8 Å². The molecule has 0 radical (unpaired) electrons. The third-order valence-electron chi connectivity index (χ3n) is 4.74. The van der Waals surface area contributed by atoms with E-state index in [-0.39, 0.29) is 17.9 Å². The standard InChI is InChI=1S/C20H24N4O2/c1-3-4-9-17-20(26)23(2)12-13-24(17)19(25)16-8-5-7-15(14-16)18-21-10-6-11-22-18/h5-8,10-11,14,17H,3-4,9,12-13H2,1-2H3. The lowest BCUT2D eigenvalue weighted by Crippen LogP contribution is -2.57. The molecule has 2 heterocycles. The summed E-state index contributed by atoms with van der Waals surface area (Å²) in [6.45, 7) is 3.21. The Balaban J connectivity index is 1.86. The smallest absolute Gasteiger partial charge is 0.254 e. The topological polar surface area (TPSA) is 66.4 Å². The van der Waals surface area contributed by atoms with Crippen LogP contribution in [0.25, 0.3) is 11.4 Å². The number of unbranched alkanes of at least 4 members (excludes halogenated alkanes) is 1. The van der Waals surface area contributed by atoms with Crippen LogP contribution in [0.2, 0.25) is 0 Å². The molecule has 6 nitrogen and oxygen atoms in total. The maximum absolute atomic E-state index is 13.1. The van der Waals surface area contributed by atoms with Gasteiger partial charge in [-0.15, -0.1) is 0 Å². The molecule has 0 spiro atoms. The highest BCUT2D eigenvalue weighted by Gasteiger charge is 2.35. The number of benzene rings is 1. The summed E-state index contributed by atoms with van der Waals surface area (Å²) in [7, 11) is 1.80. The molecule has 2 aromatic rings. The van der Waals surface area contributed by atoms with Crippen molar-refractivity contribution in [1.82, 2.24) is 19.8 Å². The molecule has 1 fully saturated rings. The molecule has 26 heavy (non-hydrogen) atoms. The number of rotatable bonds is 5. The fraction of sp³-hybridized carbons (Fsp3) is 0.400. The van der Waals surface area contributed by atoms with E-state index in [2.05, 4.69) is 16.9 Å². The van der Waals surface area contributed by atoms with E-state index in [0.29, 0.717) is 30.9 Å². The maximum Gasteiger partial charge on any atom is 0.254 e. The summed E-state index contributed by atoms with van der Waals surface area (Å²) in [4.78, 5) is 37.6. The van der Waals surface area contributed by atoms with Gasteiger partial charge in [0.1, 0.15) is 6.04 Å². The Morgan fingerprint density at radius 2 is 1.96 bits per heavy atom. The molecule has 1 unspecified atom stereocenters. The predicted octanol–water partition coefficient (Wildman–Crippen LogP) is 2.62. The van der Waals surface area contributed by atoms with E-state index in [4.69, 9.17) is 0 Å². The Hall–Kier alpha value is -2.76. The fourth-order valence-electron chi connectivity index (χ4n) is 3.24. The molecule has 2 amide bonds. The molecule has 3 rings (SSSR count). The first-order chi connectivity index (χ1) is 12.6. The van der Waals surface area contributed by atoms with E-state index in [1.165, 1.54) is 0 Å². The lowest BCUT2D eigenvalue weighted by molar-refractivity contribution is -0.138. The minimum atomic E-state index is -0.377. The molecule has 0 N–H and O–H groups in total. The summed E-state index contributed by atoms with van der Waals surface area (Å²) in [6, 6.07) is 8.68. The van der Waals surface area contributed by atoms with Crippen LogP contribution in [0.4, 0.5) is 0 Å². The van der Waals surface area contributed by atoms with Crippen LogP contribution in [-0.2, 0) is 4.79 Å².